The van der Waals surface area contributed by atoms with Crippen molar-refractivity contribution in [3.8, 4) is 5.69 Å². The molecule has 4 aromatic rings. The van der Waals surface area contributed by atoms with Gasteiger partial charge in [0.15, 0.2) is 0 Å². The van der Waals surface area contributed by atoms with Crippen molar-refractivity contribution in [2.75, 3.05) is 6.54 Å². The first kappa shape index (κ1) is 18.0. The minimum atomic E-state index is -0.315. The van der Waals surface area contributed by atoms with Gasteiger partial charge >= 0.3 is 0 Å². The summed E-state index contributed by atoms with van der Waals surface area (Å²) in [4.78, 5) is 44.5. The lowest BCUT2D eigenvalue weighted by Crippen LogP contribution is -2.33. The number of hydrogen-bond donors (Lipinski definition) is 0. The molecule has 30 heavy (non-hydrogen) atoms. The lowest BCUT2D eigenvalue weighted by molar-refractivity contribution is 0.0655. The van der Waals surface area contributed by atoms with E-state index in [1.54, 1.807) is 47.0 Å². The average Bonchev–Trinajstić information content (AvgIpc) is 3.03. The number of hydrogen-bond acceptors (Lipinski definition) is 4. The molecule has 0 spiro atoms. The molecule has 0 atom stereocenters. The minimum Gasteiger partial charge on any atom is -0.274 e. The first-order chi connectivity index (χ1) is 14.6. The van der Waals surface area contributed by atoms with E-state index in [4.69, 9.17) is 0 Å². The van der Waals surface area contributed by atoms with E-state index in [9.17, 15) is 14.4 Å². The Labute approximate surface area is 172 Å². The number of amides is 2. The van der Waals surface area contributed by atoms with E-state index in [1.165, 1.54) is 4.90 Å². The summed E-state index contributed by atoms with van der Waals surface area (Å²) in [5.74, 6) is -0.128. The summed E-state index contributed by atoms with van der Waals surface area (Å²) >= 11 is 0. The molecule has 3 aromatic carbocycles. The van der Waals surface area contributed by atoms with Crippen molar-refractivity contribution in [2.45, 2.75) is 6.42 Å². The molecule has 1 aliphatic heterocycles. The predicted molar refractivity (Wildman–Crippen MR) is 113 cm³/mol. The lowest BCUT2D eigenvalue weighted by Gasteiger charge is -2.17. The highest BCUT2D eigenvalue weighted by molar-refractivity contribution is 6.21. The molecule has 2 heterocycles. The summed E-state index contributed by atoms with van der Waals surface area (Å²) in [6, 6.07) is 23.2. The number of carbonyl (C=O) groups is 2. The molecule has 0 unspecified atom stereocenters. The van der Waals surface area contributed by atoms with E-state index in [2.05, 4.69) is 4.98 Å². The molecule has 6 nitrogen and oxygen atoms in total. The summed E-state index contributed by atoms with van der Waals surface area (Å²) in [6.45, 7) is 0.143. The fraction of sp³-hybridized carbons (Fsp3) is 0.0833. The van der Waals surface area contributed by atoms with E-state index in [-0.39, 0.29) is 30.3 Å². The average molecular weight is 395 g/mol. The van der Waals surface area contributed by atoms with Gasteiger partial charge in [0.2, 0.25) is 0 Å². The summed E-state index contributed by atoms with van der Waals surface area (Å²) in [5, 5.41) is 0.519. The van der Waals surface area contributed by atoms with Crippen LogP contribution in [0.3, 0.4) is 0 Å². The maximum absolute atomic E-state index is 13.2. The predicted octanol–water partition coefficient (Wildman–Crippen LogP) is 3.22. The molecule has 0 aliphatic carbocycles. The van der Waals surface area contributed by atoms with Gasteiger partial charge in [0.25, 0.3) is 17.4 Å². The molecule has 146 valence electrons. The van der Waals surface area contributed by atoms with Crippen LogP contribution in [0.25, 0.3) is 16.6 Å². The lowest BCUT2D eigenvalue weighted by atomic mass is 10.1. The minimum absolute atomic E-state index is 0.143. The molecule has 0 saturated carbocycles. The van der Waals surface area contributed by atoms with Crippen LogP contribution in [0.2, 0.25) is 0 Å². The Hall–Kier alpha value is -4.06. The normalized spacial score (nSPS) is 13.1. The fourth-order valence-electron chi connectivity index (χ4n) is 3.84. The maximum Gasteiger partial charge on any atom is 0.265 e. The Balaban J connectivity index is 1.56. The SMILES string of the molecule is O=C1c2ccccc2C(=O)N1CCc1nc2ccccc2c(=O)n1-c1ccccc1. The zero-order chi connectivity index (χ0) is 20.7. The number of rotatable bonds is 4. The van der Waals surface area contributed by atoms with E-state index in [0.29, 0.717) is 33.5 Å². The molecular formula is C24H17N3O3. The maximum atomic E-state index is 13.2. The highest BCUT2D eigenvalue weighted by Crippen LogP contribution is 2.23. The number of benzene rings is 3. The quantitative estimate of drug-likeness (QED) is 0.498. The van der Waals surface area contributed by atoms with Crippen LogP contribution in [-0.4, -0.2) is 32.8 Å². The zero-order valence-electron chi connectivity index (χ0n) is 16.0. The molecule has 0 bridgehead atoms. The number of aromatic nitrogens is 2. The fourth-order valence-corrected chi connectivity index (χ4v) is 3.84. The topological polar surface area (TPSA) is 72.3 Å². The van der Waals surface area contributed by atoms with Gasteiger partial charge in [-0.1, -0.05) is 42.5 Å². The number of carbonyl (C=O) groups excluding carboxylic acids is 2. The largest absolute Gasteiger partial charge is 0.274 e. The van der Waals surface area contributed by atoms with Gasteiger partial charge in [0.1, 0.15) is 5.82 Å². The van der Waals surface area contributed by atoms with Crippen LogP contribution in [0.4, 0.5) is 0 Å². The molecule has 0 radical (unpaired) electrons. The van der Waals surface area contributed by atoms with Crippen molar-refractivity contribution in [2.24, 2.45) is 0 Å². The van der Waals surface area contributed by atoms with Crippen molar-refractivity contribution < 1.29 is 9.59 Å². The van der Waals surface area contributed by atoms with Gasteiger partial charge in [-0.3, -0.25) is 23.9 Å². The highest BCUT2D eigenvalue weighted by atomic mass is 16.2. The molecule has 0 saturated heterocycles. The summed E-state index contributed by atoms with van der Waals surface area (Å²) in [5.41, 5.74) is 1.93. The van der Waals surface area contributed by atoms with Crippen molar-refractivity contribution in [3.05, 3.63) is 106 Å². The first-order valence-electron chi connectivity index (χ1n) is 9.66. The van der Waals surface area contributed by atoms with Crippen LogP contribution in [0.5, 0.6) is 0 Å². The van der Waals surface area contributed by atoms with E-state index in [0.717, 1.165) is 0 Å². The standard InChI is InChI=1S/C24H17N3O3/c28-22-17-10-4-5-11-18(17)23(29)26(22)15-14-21-25-20-13-7-6-12-19(20)24(30)27(21)16-8-2-1-3-9-16/h1-13H,14-15H2. The Morgan fingerprint density at radius 1 is 0.700 bits per heavy atom. The van der Waals surface area contributed by atoms with Gasteiger partial charge in [0.05, 0.1) is 27.7 Å². The Kier molecular flexibility index (Phi) is 4.25. The monoisotopic (exact) mass is 395 g/mol. The van der Waals surface area contributed by atoms with Crippen LogP contribution < -0.4 is 5.56 Å². The molecular weight excluding hydrogens is 378 g/mol. The van der Waals surface area contributed by atoms with Gasteiger partial charge in [0, 0.05) is 13.0 Å². The van der Waals surface area contributed by atoms with Crippen LogP contribution >= 0.6 is 0 Å². The number of imide groups is 1. The van der Waals surface area contributed by atoms with Crippen molar-refractivity contribution in [3.63, 3.8) is 0 Å². The summed E-state index contributed by atoms with van der Waals surface area (Å²) in [6.07, 6.45) is 0.264. The molecule has 1 aliphatic rings. The van der Waals surface area contributed by atoms with Crippen LogP contribution in [0.15, 0.2) is 83.7 Å². The molecule has 6 heteroatoms. The van der Waals surface area contributed by atoms with Gasteiger partial charge in [-0.05, 0) is 36.4 Å². The summed E-state index contributed by atoms with van der Waals surface area (Å²) in [7, 11) is 0. The second-order valence-electron chi connectivity index (χ2n) is 7.08. The summed E-state index contributed by atoms with van der Waals surface area (Å²) < 4.78 is 1.56. The molecule has 1 aromatic heterocycles. The molecule has 0 N–H and O–H groups in total. The van der Waals surface area contributed by atoms with Gasteiger partial charge in [-0.25, -0.2) is 4.98 Å². The van der Waals surface area contributed by atoms with E-state index < -0.39 is 0 Å². The molecule has 2 amide bonds. The first-order valence-corrected chi connectivity index (χ1v) is 9.66. The Morgan fingerprint density at radius 3 is 2.00 bits per heavy atom. The van der Waals surface area contributed by atoms with E-state index in [1.807, 2.05) is 36.4 Å². The van der Waals surface area contributed by atoms with Crippen LogP contribution in [-0.2, 0) is 6.42 Å². The third-order valence-electron chi connectivity index (χ3n) is 5.30. The van der Waals surface area contributed by atoms with Gasteiger partial charge < -0.3 is 0 Å². The molecule has 5 rings (SSSR count). The Morgan fingerprint density at radius 2 is 1.30 bits per heavy atom. The van der Waals surface area contributed by atoms with Gasteiger partial charge in [-0.2, -0.15) is 0 Å². The third-order valence-corrected chi connectivity index (χ3v) is 5.30. The number of nitrogens with zero attached hydrogens (tertiary/aromatic N) is 3. The Bertz CT molecular complexity index is 1320. The van der Waals surface area contributed by atoms with Crippen molar-refractivity contribution >= 4 is 22.7 Å². The van der Waals surface area contributed by atoms with Crippen LogP contribution in [0.1, 0.15) is 26.5 Å². The number of fused-ring (bicyclic) bond motifs is 2. The molecule has 0 fully saturated rings. The van der Waals surface area contributed by atoms with E-state index >= 15 is 0 Å². The third kappa shape index (κ3) is 2.81. The second-order valence-corrected chi connectivity index (χ2v) is 7.08. The zero-order valence-corrected chi connectivity index (χ0v) is 16.0. The number of para-hydroxylation sites is 2. The second kappa shape index (κ2) is 7.08. The highest BCUT2D eigenvalue weighted by Gasteiger charge is 2.34. The smallest absolute Gasteiger partial charge is 0.265 e. The van der Waals surface area contributed by atoms with Crippen LogP contribution in [0, 0.1) is 0 Å². The van der Waals surface area contributed by atoms with Crippen molar-refractivity contribution in [1.82, 2.24) is 14.5 Å². The van der Waals surface area contributed by atoms with Gasteiger partial charge in [-0.15, -0.1) is 0 Å². The van der Waals surface area contributed by atoms with Crippen molar-refractivity contribution in [1.29, 1.82) is 0 Å².